The van der Waals surface area contributed by atoms with E-state index in [2.05, 4.69) is 25.5 Å². The third kappa shape index (κ3) is 2.68. The molecule has 2 aromatic rings. The van der Waals surface area contributed by atoms with Gasteiger partial charge in [0.05, 0.1) is 5.69 Å². The van der Waals surface area contributed by atoms with Gasteiger partial charge in [0.25, 0.3) is 5.91 Å². The van der Waals surface area contributed by atoms with Crippen molar-refractivity contribution in [3.8, 4) is 0 Å². The first-order valence-corrected chi connectivity index (χ1v) is 5.33. The van der Waals surface area contributed by atoms with E-state index in [0.717, 1.165) is 12.8 Å². The Kier molecular flexibility index (Phi) is 3.17. The van der Waals surface area contributed by atoms with Gasteiger partial charge in [-0.25, -0.2) is 4.98 Å². The first-order valence-electron chi connectivity index (χ1n) is 5.33. The first-order chi connectivity index (χ1) is 8.19. The summed E-state index contributed by atoms with van der Waals surface area (Å²) in [6, 6.07) is 0.148. The van der Waals surface area contributed by atoms with Crippen molar-refractivity contribution in [2.75, 3.05) is 5.32 Å². The Morgan fingerprint density at radius 3 is 3.00 bits per heavy atom. The smallest absolute Gasteiger partial charge is 0.301 e. The van der Waals surface area contributed by atoms with Crippen molar-refractivity contribution in [2.24, 2.45) is 0 Å². The number of anilines is 1. The number of aryl methyl sites for hydroxylation is 2. The van der Waals surface area contributed by atoms with Crippen molar-refractivity contribution >= 4 is 11.9 Å². The molecule has 0 unspecified atom stereocenters. The molecule has 0 aliphatic heterocycles. The topological polar surface area (TPSA) is 96.7 Å². The van der Waals surface area contributed by atoms with Gasteiger partial charge in [0.15, 0.2) is 0 Å². The van der Waals surface area contributed by atoms with Gasteiger partial charge in [0.2, 0.25) is 5.82 Å². The lowest BCUT2D eigenvalue weighted by Gasteiger charge is -1.94. The molecule has 2 heterocycles. The van der Waals surface area contributed by atoms with E-state index < -0.39 is 5.91 Å². The van der Waals surface area contributed by atoms with Crippen LogP contribution < -0.4 is 5.32 Å². The van der Waals surface area contributed by atoms with Crippen LogP contribution in [-0.2, 0) is 6.42 Å². The molecule has 90 valence electrons. The number of nitrogens with zero attached hydrogens (tertiary/aromatic N) is 3. The van der Waals surface area contributed by atoms with Crippen LogP contribution in [0.3, 0.4) is 0 Å². The van der Waals surface area contributed by atoms with Gasteiger partial charge in [0.1, 0.15) is 12.1 Å². The van der Waals surface area contributed by atoms with Gasteiger partial charge in [-0.3, -0.25) is 15.2 Å². The van der Waals surface area contributed by atoms with Gasteiger partial charge in [-0.1, -0.05) is 6.92 Å². The van der Waals surface area contributed by atoms with Gasteiger partial charge < -0.3 is 4.42 Å². The third-order valence-electron chi connectivity index (χ3n) is 2.06. The number of hydrogen-bond donors (Lipinski definition) is 2. The second kappa shape index (κ2) is 4.77. The SMILES string of the molecule is CCCc1nc(C(=O)Nc2nc(C)co2)n[nH]1. The number of carbonyl (C=O) groups excluding carboxylic acids is 1. The van der Waals surface area contributed by atoms with Gasteiger partial charge in [-0.2, -0.15) is 4.98 Å². The molecule has 0 radical (unpaired) electrons. The second-order valence-electron chi connectivity index (χ2n) is 3.60. The number of amides is 1. The fourth-order valence-electron chi connectivity index (χ4n) is 1.31. The number of aromatic amines is 1. The van der Waals surface area contributed by atoms with Crippen LogP contribution in [-0.4, -0.2) is 26.1 Å². The molecule has 7 heteroatoms. The van der Waals surface area contributed by atoms with Crippen LogP contribution in [0.2, 0.25) is 0 Å². The summed E-state index contributed by atoms with van der Waals surface area (Å²) in [6.07, 6.45) is 3.16. The Morgan fingerprint density at radius 2 is 2.35 bits per heavy atom. The predicted octanol–water partition coefficient (Wildman–Crippen LogP) is 1.31. The summed E-state index contributed by atoms with van der Waals surface area (Å²) in [5.41, 5.74) is 0.696. The number of nitrogens with one attached hydrogen (secondary N) is 2. The first kappa shape index (κ1) is 11.3. The van der Waals surface area contributed by atoms with Crippen molar-refractivity contribution < 1.29 is 9.21 Å². The Balaban J connectivity index is 2.03. The number of hydrogen-bond acceptors (Lipinski definition) is 5. The van der Waals surface area contributed by atoms with E-state index in [-0.39, 0.29) is 11.8 Å². The van der Waals surface area contributed by atoms with Crippen molar-refractivity contribution in [2.45, 2.75) is 26.7 Å². The summed E-state index contributed by atoms with van der Waals surface area (Å²) in [5.74, 6) is 0.344. The molecule has 0 spiro atoms. The van der Waals surface area contributed by atoms with Gasteiger partial charge in [0, 0.05) is 6.42 Å². The molecule has 0 saturated carbocycles. The molecular weight excluding hydrogens is 222 g/mol. The van der Waals surface area contributed by atoms with E-state index in [1.54, 1.807) is 6.92 Å². The van der Waals surface area contributed by atoms with Crippen molar-refractivity contribution in [3.05, 3.63) is 23.6 Å². The summed E-state index contributed by atoms with van der Waals surface area (Å²) in [7, 11) is 0. The standard InChI is InChI=1S/C10H13N5O2/c1-3-4-7-12-8(15-14-7)9(16)13-10-11-6(2)5-17-10/h5H,3-4H2,1-2H3,(H,11,13,16)(H,12,14,15). The lowest BCUT2D eigenvalue weighted by Crippen LogP contribution is -2.14. The number of carbonyl (C=O) groups is 1. The zero-order chi connectivity index (χ0) is 12.3. The second-order valence-corrected chi connectivity index (χ2v) is 3.60. The maximum Gasteiger partial charge on any atom is 0.301 e. The molecule has 0 fully saturated rings. The van der Waals surface area contributed by atoms with Crippen LogP contribution in [0.15, 0.2) is 10.7 Å². The molecule has 2 aromatic heterocycles. The van der Waals surface area contributed by atoms with Crippen LogP contribution >= 0.6 is 0 Å². The monoisotopic (exact) mass is 235 g/mol. The summed E-state index contributed by atoms with van der Waals surface area (Å²) < 4.78 is 5.00. The summed E-state index contributed by atoms with van der Waals surface area (Å²) in [6.45, 7) is 3.79. The number of aromatic nitrogens is 4. The Bertz CT molecular complexity index is 516. The fourth-order valence-corrected chi connectivity index (χ4v) is 1.31. The molecular formula is C10H13N5O2. The van der Waals surface area contributed by atoms with Crippen molar-refractivity contribution in [1.29, 1.82) is 0 Å². The Hall–Kier alpha value is -2.18. The summed E-state index contributed by atoms with van der Waals surface area (Å²) >= 11 is 0. The lowest BCUT2D eigenvalue weighted by atomic mass is 10.3. The zero-order valence-corrected chi connectivity index (χ0v) is 9.65. The molecule has 0 aliphatic rings. The lowest BCUT2D eigenvalue weighted by molar-refractivity contribution is 0.101. The average molecular weight is 235 g/mol. The highest BCUT2D eigenvalue weighted by Gasteiger charge is 2.14. The van der Waals surface area contributed by atoms with E-state index >= 15 is 0 Å². The van der Waals surface area contributed by atoms with Gasteiger partial charge >= 0.3 is 6.01 Å². The van der Waals surface area contributed by atoms with E-state index in [0.29, 0.717) is 11.5 Å². The quantitative estimate of drug-likeness (QED) is 0.832. The van der Waals surface area contributed by atoms with Crippen LogP contribution in [0.25, 0.3) is 0 Å². The third-order valence-corrected chi connectivity index (χ3v) is 2.06. The zero-order valence-electron chi connectivity index (χ0n) is 9.65. The Morgan fingerprint density at radius 1 is 1.53 bits per heavy atom. The molecule has 17 heavy (non-hydrogen) atoms. The number of rotatable bonds is 4. The highest BCUT2D eigenvalue weighted by atomic mass is 16.4. The molecule has 7 nitrogen and oxygen atoms in total. The summed E-state index contributed by atoms with van der Waals surface area (Å²) in [5, 5.41) is 9.00. The summed E-state index contributed by atoms with van der Waals surface area (Å²) in [4.78, 5) is 19.7. The number of oxazole rings is 1. The maximum atomic E-state index is 11.7. The van der Waals surface area contributed by atoms with Gasteiger partial charge in [-0.15, -0.1) is 5.10 Å². The van der Waals surface area contributed by atoms with Crippen molar-refractivity contribution in [1.82, 2.24) is 20.2 Å². The van der Waals surface area contributed by atoms with E-state index in [1.165, 1.54) is 6.26 Å². The fraction of sp³-hybridized carbons (Fsp3) is 0.400. The molecule has 0 saturated heterocycles. The van der Waals surface area contributed by atoms with Gasteiger partial charge in [-0.05, 0) is 13.3 Å². The minimum Gasteiger partial charge on any atom is -0.432 e. The molecule has 0 aliphatic carbocycles. The Labute approximate surface area is 97.7 Å². The number of H-pyrrole nitrogens is 1. The molecule has 0 atom stereocenters. The normalized spacial score (nSPS) is 10.5. The van der Waals surface area contributed by atoms with Crippen LogP contribution in [0.1, 0.15) is 35.5 Å². The maximum absolute atomic E-state index is 11.7. The minimum atomic E-state index is -0.439. The minimum absolute atomic E-state index is 0.0873. The van der Waals surface area contributed by atoms with E-state index in [4.69, 9.17) is 4.42 Å². The average Bonchev–Trinajstić information content (AvgIpc) is 2.88. The molecule has 0 bridgehead atoms. The molecule has 2 N–H and O–H groups in total. The largest absolute Gasteiger partial charge is 0.432 e. The molecule has 2 rings (SSSR count). The van der Waals surface area contributed by atoms with Crippen LogP contribution in [0, 0.1) is 6.92 Å². The van der Waals surface area contributed by atoms with Crippen LogP contribution in [0.4, 0.5) is 6.01 Å². The van der Waals surface area contributed by atoms with Crippen molar-refractivity contribution in [3.63, 3.8) is 0 Å². The van der Waals surface area contributed by atoms with E-state index in [1.807, 2.05) is 6.92 Å². The van der Waals surface area contributed by atoms with Crippen LogP contribution in [0.5, 0.6) is 0 Å². The predicted molar refractivity (Wildman–Crippen MR) is 59.6 cm³/mol. The van der Waals surface area contributed by atoms with E-state index in [9.17, 15) is 4.79 Å². The molecule has 1 amide bonds. The highest BCUT2D eigenvalue weighted by Crippen LogP contribution is 2.07. The molecule has 0 aromatic carbocycles. The highest BCUT2D eigenvalue weighted by molar-refractivity contribution is 6.00.